The van der Waals surface area contributed by atoms with Gasteiger partial charge in [0.15, 0.2) is 0 Å². The van der Waals surface area contributed by atoms with Crippen molar-refractivity contribution in [1.29, 1.82) is 0 Å². The molecule has 1 rings (SSSR count). The number of nitrogens with one attached hydrogen (secondary N) is 1. The zero-order valence-corrected chi connectivity index (χ0v) is 9.69. The van der Waals surface area contributed by atoms with Gasteiger partial charge in [0.1, 0.15) is 0 Å². The average Bonchev–Trinajstić information content (AvgIpc) is 2.33. The molecule has 78 valence electrons. The van der Waals surface area contributed by atoms with E-state index < -0.39 is 10.8 Å². The second-order valence-electron chi connectivity index (χ2n) is 4.42. The van der Waals surface area contributed by atoms with Crippen molar-refractivity contribution in [3.05, 3.63) is 0 Å². The van der Waals surface area contributed by atoms with Crippen LogP contribution in [-0.2, 0) is 10.8 Å². The van der Waals surface area contributed by atoms with Gasteiger partial charge in [0.05, 0.1) is 0 Å². The van der Waals surface area contributed by atoms with Crippen LogP contribution in [0.3, 0.4) is 0 Å². The largest absolute Gasteiger partial charge is 0.311 e. The molecule has 13 heavy (non-hydrogen) atoms. The predicted octanol–water partition coefficient (Wildman–Crippen LogP) is 1.53. The smallest absolute Gasteiger partial charge is 0.0383 e. The molecule has 1 N–H and O–H groups in total. The minimum absolute atomic E-state index is 0.404. The third-order valence-corrected chi connectivity index (χ3v) is 3.67. The predicted molar refractivity (Wildman–Crippen MR) is 58.3 cm³/mol. The standard InChI is InChI=1S/C10H21NOS/c1-8-4-5-10(6-8)11-9(2)7-13(3)12/h8-11H,4-7H2,1-3H3. The molecule has 0 aromatic heterocycles. The molecule has 0 bridgehead atoms. The molecular formula is C10H21NOS. The average molecular weight is 203 g/mol. The van der Waals surface area contributed by atoms with E-state index in [1.807, 2.05) is 0 Å². The van der Waals surface area contributed by atoms with E-state index in [0.29, 0.717) is 12.1 Å². The first-order valence-corrected chi connectivity index (χ1v) is 6.86. The Labute approximate surface area is 83.9 Å². The van der Waals surface area contributed by atoms with Crippen LogP contribution in [0.25, 0.3) is 0 Å². The minimum Gasteiger partial charge on any atom is -0.311 e. The van der Waals surface area contributed by atoms with Crippen molar-refractivity contribution >= 4 is 10.8 Å². The first-order chi connectivity index (χ1) is 6.08. The van der Waals surface area contributed by atoms with Gasteiger partial charge in [-0.1, -0.05) is 6.92 Å². The summed E-state index contributed by atoms with van der Waals surface area (Å²) in [6, 6.07) is 1.08. The Hall–Kier alpha value is 0.110. The molecule has 2 nitrogen and oxygen atoms in total. The summed E-state index contributed by atoms with van der Waals surface area (Å²) < 4.78 is 11.0. The van der Waals surface area contributed by atoms with Crippen LogP contribution in [0, 0.1) is 5.92 Å². The van der Waals surface area contributed by atoms with Crippen molar-refractivity contribution in [2.45, 2.75) is 45.2 Å². The molecule has 1 aliphatic rings. The molecule has 4 unspecified atom stereocenters. The van der Waals surface area contributed by atoms with Gasteiger partial charge in [-0.25, -0.2) is 0 Å². The molecule has 0 heterocycles. The van der Waals surface area contributed by atoms with Gasteiger partial charge in [-0.15, -0.1) is 0 Å². The third kappa shape index (κ3) is 4.23. The van der Waals surface area contributed by atoms with Crippen molar-refractivity contribution in [3.8, 4) is 0 Å². The van der Waals surface area contributed by atoms with E-state index in [1.54, 1.807) is 6.26 Å². The summed E-state index contributed by atoms with van der Waals surface area (Å²) in [5, 5.41) is 3.55. The Morgan fingerprint density at radius 1 is 1.54 bits per heavy atom. The lowest BCUT2D eigenvalue weighted by Gasteiger charge is -2.18. The van der Waals surface area contributed by atoms with Crippen LogP contribution in [0.1, 0.15) is 33.1 Å². The Bertz CT molecular complexity index is 184. The van der Waals surface area contributed by atoms with Gasteiger partial charge in [-0.3, -0.25) is 4.21 Å². The van der Waals surface area contributed by atoms with Gasteiger partial charge in [0.25, 0.3) is 0 Å². The van der Waals surface area contributed by atoms with Crippen LogP contribution < -0.4 is 5.32 Å². The Kier molecular flexibility index (Phi) is 4.39. The molecular weight excluding hydrogens is 182 g/mol. The van der Waals surface area contributed by atoms with Gasteiger partial charge in [-0.05, 0) is 32.1 Å². The summed E-state index contributed by atoms with van der Waals surface area (Å²) in [7, 11) is -0.667. The second-order valence-corrected chi connectivity index (χ2v) is 5.90. The number of rotatable bonds is 4. The fraction of sp³-hybridized carbons (Fsp3) is 1.00. The highest BCUT2D eigenvalue weighted by Crippen LogP contribution is 2.24. The fourth-order valence-electron chi connectivity index (χ4n) is 2.16. The highest BCUT2D eigenvalue weighted by molar-refractivity contribution is 7.84. The van der Waals surface area contributed by atoms with E-state index in [9.17, 15) is 4.21 Å². The summed E-state index contributed by atoms with van der Waals surface area (Å²) in [6.07, 6.45) is 5.71. The monoisotopic (exact) mass is 203 g/mol. The third-order valence-electron chi connectivity index (χ3n) is 2.70. The molecule has 0 radical (unpaired) electrons. The molecule has 0 aromatic rings. The maximum absolute atomic E-state index is 11.0. The van der Waals surface area contributed by atoms with Crippen molar-refractivity contribution in [1.82, 2.24) is 5.32 Å². The highest BCUT2D eigenvalue weighted by atomic mass is 32.2. The van der Waals surface area contributed by atoms with Gasteiger partial charge < -0.3 is 5.32 Å². The van der Waals surface area contributed by atoms with Crippen LogP contribution in [-0.4, -0.2) is 28.3 Å². The van der Waals surface area contributed by atoms with Crippen molar-refractivity contribution in [3.63, 3.8) is 0 Å². The number of hydrogen-bond acceptors (Lipinski definition) is 2. The van der Waals surface area contributed by atoms with Gasteiger partial charge in [0.2, 0.25) is 0 Å². The lowest BCUT2D eigenvalue weighted by atomic mass is 10.1. The van der Waals surface area contributed by atoms with E-state index in [1.165, 1.54) is 19.3 Å². The molecule has 0 saturated heterocycles. The summed E-state index contributed by atoms with van der Waals surface area (Å²) in [6.45, 7) is 4.44. The van der Waals surface area contributed by atoms with E-state index in [4.69, 9.17) is 0 Å². The van der Waals surface area contributed by atoms with E-state index >= 15 is 0 Å². The molecule has 0 amide bonds. The maximum Gasteiger partial charge on any atom is 0.0383 e. The lowest BCUT2D eigenvalue weighted by Crippen LogP contribution is -2.38. The van der Waals surface area contributed by atoms with Crippen LogP contribution in [0.4, 0.5) is 0 Å². The molecule has 0 aromatic carbocycles. The van der Waals surface area contributed by atoms with E-state index in [0.717, 1.165) is 11.7 Å². The normalized spacial score (nSPS) is 33.2. The minimum atomic E-state index is -0.667. The van der Waals surface area contributed by atoms with Gasteiger partial charge in [0, 0.05) is 34.9 Å². The highest BCUT2D eigenvalue weighted by Gasteiger charge is 2.22. The topological polar surface area (TPSA) is 29.1 Å². The van der Waals surface area contributed by atoms with Crippen LogP contribution in [0.5, 0.6) is 0 Å². The molecule has 0 aliphatic heterocycles. The van der Waals surface area contributed by atoms with Gasteiger partial charge >= 0.3 is 0 Å². The molecule has 1 fully saturated rings. The maximum atomic E-state index is 11.0. The Morgan fingerprint density at radius 2 is 2.23 bits per heavy atom. The van der Waals surface area contributed by atoms with Gasteiger partial charge in [-0.2, -0.15) is 0 Å². The SMILES string of the molecule is CC1CCC(NC(C)CS(C)=O)C1. The zero-order chi connectivity index (χ0) is 9.84. The van der Waals surface area contributed by atoms with Crippen molar-refractivity contribution in [2.24, 2.45) is 5.92 Å². The Balaban J connectivity index is 2.20. The zero-order valence-electron chi connectivity index (χ0n) is 8.88. The number of hydrogen-bond donors (Lipinski definition) is 1. The second kappa shape index (κ2) is 5.11. The van der Waals surface area contributed by atoms with E-state index in [-0.39, 0.29) is 0 Å². The molecule has 3 heteroatoms. The summed E-state index contributed by atoms with van der Waals surface area (Å²) in [4.78, 5) is 0. The molecule has 4 atom stereocenters. The molecule has 0 spiro atoms. The molecule has 1 saturated carbocycles. The Morgan fingerprint density at radius 3 is 2.69 bits per heavy atom. The van der Waals surface area contributed by atoms with E-state index in [2.05, 4.69) is 19.2 Å². The lowest BCUT2D eigenvalue weighted by molar-refractivity contribution is 0.460. The van der Waals surface area contributed by atoms with Crippen LogP contribution >= 0.6 is 0 Å². The quantitative estimate of drug-likeness (QED) is 0.751. The summed E-state index contributed by atoms with van der Waals surface area (Å²) >= 11 is 0. The first kappa shape index (κ1) is 11.2. The molecule has 1 aliphatic carbocycles. The first-order valence-electron chi connectivity index (χ1n) is 5.14. The van der Waals surface area contributed by atoms with Crippen LogP contribution in [0.15, 0.2) is 0 Å². The van der Waals surface area contributed by atoms with Crippen LogP contribution in [0.2, 0.25) is 0 Å². The fourth-order valence-corrected chi connectivity index (χ4v) is 2.96. The van der Waals surface area contributed by atoms with Crippen molar-refractivity contribution in [2.75, 3.05) is 12.0 Å². The van der Waals surface area contributed by atoms with Crippen molar-refractivity contribution < 1.29 is 4.21 Å². The summed E-state index contributed by atoms with van der Waals surface area (Å²) in [5.41, 5.74) is 0. The summed E-state index contributed by atoms with van der Waals surface area (Å²) in [5.74, 6) is 1.65.